The minimum atomic E-state index is -0.0372. The summed E-state index contributed by atoms with van der Waals surface area (Å²) in [6, 6.07) is 9.51. The molecule has 1 saturated heterocycles. The number of benzene rings is 1. The number of aromatic nitrogens is 1. The number of hydrogen-bond donors (Lipinski definition) is 1. The van der Waals surface area contributed by atoms with Crippen LogP contribution in [0.15, 0.2) is 47.2 Å². The van der Waals surface area contributed by atoms with Crippen LogP contribution < -0.4 is 5.32 Å². The Balaban J connectivity index is 1.48. The first kappa shape index (κ1) is 18.5. The molecule has 2 aromatic rings. The summed E-state index contributed by atoms with van der Waals surface area (Å²) in [4.78, 5) is 32.6. The summed E-state index contributed by atoms with van der Waals surface area (Å²) >= 11 is 3.34. The lowest BCUT2D eigenvalue weighted by molar-refractivity contribution is -0.117. The number of nitrogens with one attached hydrogen (secondary N) is 1. The molecule has 1 fully saturated rings. The Kier molecular flexibility index (Phi) is 6.00. The molecule has 26 heavy (non-hydrogen) atoms. The number of pyridine rings is 1. The van der Waals surface area contributed by atoms with Crippen LogP contribution in [0.3, 0.4) is 0 Å². The molecule has 0 unspecified atom stereocenters. The molecular formula is C19H21BrN4O2. The van der Waals surface area contributed by atoms with E-state index in [1.165, 1.54) is 0 Å². The average molecular weight is 417 g/mol. The monoisotopic (exact) mass is 416 g/mol. The predicted molar refractivity (Wildman–Crippen MR) is 104 cm³/mol. The van der Waals surface area contributed by atoms with E-state index in [1.54, 1.807) is 23.4 Å². The van der Waals surface area contributed by atoms with Crippen LogP contribution in [0.5, 0.6) is 0 Å². The summed E-state index contributed by atoms with van der Waals surface area (Å²) in [5.74, 6) is -0.0626. The van der Waals surface area contributed by atoms with E-state index in [2.05, 4.69) is 31.1 Å². The van der Waals surface area contributed by atoms with Gasteiger partial charge in [-0.1, -0.05) is 17.7 Å². The fourth-order valence-electron chi connectivity index (χ4n) is 2.86. The molecule has 0 spiro atoms. The highest BCUT2D eigenvalue weighted by Crippen LogP contribution is 2.13. The standard InChI is InChI=1S/C19H21BrN4O2/c1-14-2-4-17(5-3-14)22-18(25)13-23-6-8-24(9-7-23)19(26)15-10-16(20)12-21-11-15/h2-5,10-12H,6-9,13H2,1H3,(H,22,25). The van der Waals surface area contributed by atoms with Gasteiger partial charge in [-0.25, -0.2) is 0 Å². The van der Waals surface area contributed by atoms with E-state index >= 15 is 0 Å². The Bertz CT molecular complexity index is 786. The third-order valence-corrected chi connectivity index (χ3v) is 4.75. The molecule has 2 amide bonds. The molecule has 0 radical (unpaired) electrons. The maximum absolute atomic E-state index is 12.5. The van der Waals surface area contributed by atoms with Gasteiger partial charge in [-0.05, 0) is 41.1 Å². The molecule has 6 nitrogen and oxygen atoms in total. The minimum absolute atomic E-state index is 0.0254. The molecule has 1 aromatic heterocycles. The number of amides is 2. The van der Waals surface area contributed by atoms with Crippen molar-refractivity contribution in [2.45, 2.75) is 6.92 Å². The molecule has 1 aromatic carbocycles. The second kappa shape index (κ2) is 8.42. The van der Waals surface area contributed by atoms with Gasteiger partial charge in [0.2, 0.25) is 5.91 Å². The van der Waals surface area contributed by atoms with E-state index in [1.807, 2.05) is 31.2 Å². The number of carbonyl (C=O) groups excluding carboxylic acids is 2. The normalized spacial score (nSPS) is 14.9. The second-order valence-corrected chi connectivity index (χ2v) is 7.29. The van der Waals surface area contributed by atoms with Gasteiger partial charge < -0.3 is 10.2 Å². The van der Waals surface area contributed by atoms with Crippen LogP contribution >= 0.6 is 15.9 Å². The van der Waals surface area contributed by atoms with Gasteiger partial charge in [0, 0.05) is 48.7 Å². The van der Waals surface area contributed by atoms with Gasteiger partial charge in [-0.3, -0.25) is 19.5 Å². The number of nitrogens with zero attached hydrogens (tertiary/aromatic N) is 3. The smallest absolute Gasteiger partial charge is 0.255 e. The van der Waals surface area contributed by atoms with Gasteiger partial charge in [0.1, 0.15) is 0 Å². The number of piperazine rings is 1. The van der Waals surface area contributed by atoms with E-state index in [0.29, 0.717) is 38.3 Å². The van der Waals surface area contributed by atoms with Crippen molar-refractivity contribution < 1.29 is 9.59 Å². The van der Waals surface area contributed by atoms with Gasteiger partial charge in [-0.15, -0.1) is 0 Å². The molecule has 136 valence electrons. The van der Waals surface area contributed by atoms with Crippen molar-refractivity contribution in [2.24, 2.45) is 0 Å². The molecule has 3 rings (SSSR count). The summed E-state index contributed by atoms with van der Waals surface area (Å²) in [7, 11) is 0. The zero-order valence-corrected chi connectivity index (χ0v) is 16.2. The maximum atomic E-state index is 12.5. The molecule has 1 N–H and O–H groups in total. The quantitative estimate of drug-likeness (QED) is 0.831. The lowest BCUT2D eigenvalue weighted by Crippen LogP contribution is -2.50. The van der Waals surface area contributed by atoms with Crippen molar-refractivity contribution in [3.05, 3.63) is 58.3 Å². The highest BCUT2D eigenvalue weighted by Gasteiger charge is 2.23. The predicted octanol–water partition coefficient (Wildman–Crippen LogP) is 2.55. The van der Waals surface area contributed by atoms with Crippen molar-refractivity contribution in [1.82, 2.24) is 14.8 Å². The Morgan fingerprint density at radius 1 is 1.12 bits per heavy atom. The van der Waals surface area contributed by atoms with Crippen molar-refractivity contribution in [1.29, 1.82) is 0 Å². The van der Waals surface area contributed by atoms with Gasteiger partial charge in [0.25, 0.3) is 5.91 Å². The number of hydrogen-bond acceptors (Lipinski definition) is 4. The van der Waals surface area contributed by atoms with Gasteiger partial charge in [0.05, 0.1) is 12.1 Å². The summed E-state index contributed by atoms with van der Waals surface area (Å²) in [5, 5.41) is 2.91. The van der Waals surface area contributed by atoms with Crippen LogP contribution in [0.25, 0.3) is 0 Å². The zero-order valence-electron chi connectivity index (χ0n) is 14.6. The number of halogens is 1. The maximum Gasteiger partial charge on any atom is 0.255 e. The highest BCUT2D eigenvalue weighted by atomic mass is 79.9. The van der Waals surface area contributed by atoms with Crippen molar-refractivity contribution in [3.8, 4) is 0 Å². The van der Waals surface area contributed by atoms with E-state index < -0.39 is 0 Å². The Hall–Kier alpha value is -2.25. The molecule has 0 saturated carbocycles. The van der Waals surface area contributed by atoms with E-state index in [0.717, 1.165) is 15.7 Å². The van der Waals surface area contributed by atoms with E-state index in [-0.39, 0.29) is 11.8 Å². The topological polar surface area (TPSA) is 65.5 Å². The van der Waals surface area contributed by atoms with Crippen LogP contribution in [0.4, 0.5) is 5.69 Å². The summed E-state index contributed by atoms with van der Waals surface area (Å²) < 4.78 is 0.787. The minimum Gasteiger partial charge on any atom is -0.336 e. The Morgan fingerprint density at radius 2 is 1.81 bits per heavy atom. The first-order valence-corrected chi connectivity index (χ1v) is 9.29. The molecule has 1 aliphatic heterocycles. The number of rotatable bonds is 4. The molecule has 0 bridgehead atoms. The summed E-state index contributed by atoms with van der Waals surface area (Å²) in [5.41, 5.74) is 2.53. The van der Waals surface area contributed by atoms with Gasteiger partial charge in [-0.2, -0.15) is 0 Å². The van der Waals surface area contributed by atoms with Crippen LogP contribution in [0.2, 0.25) is 0 Å². The third-order valence-electron chi connectivity index (χ3n) is 4.31. The molecule has 7 heteroatoms. The SMILES string of the molecule is Cc1ccc(NC(=O)CN2CCN(C(=O)c3cncc(Br)c3)CC2)cc1. The van der Waals surface area contributed by atoms with E-state index in [9.17, 15) is 9.59 Å². The van der Waals surface area contributed by atoms with Crippen molar-refractivity contribution in [2.75, 3.05) is 38.0 Å². The Labute approximate surface area is 161 Å². The number of aryl methyl sites for hydroxylation is 1. The first-order chi connectivity index (χ1) is 12.5. The Morgan fingerprint density at radius 3 is 2.46 bits per heavy atom. The van der Waals surface area contributed by atoms with Crippen molar-refractivity contribution in [3.63, 3.8) is 0 Å². The van der Waals surface area contributed by atoms with Crippen molar-refractivity contribution >= 4 is 33.4 Å². The van der Waals surface area contributed by atoms with Crippen LogP contribution in [-0.4, -0.2) is 59.3 Å². The van der Waals surface area contributed by atoms with Crippen LogP contribution in [0, 0.1) is 6.92 Å². The van der Waals surface area contributed by atoms with Crippen LogP contribution in [0.1, 0.15) is 15.9 Å². The number of anilines is 1. The van der Waals surface area contributed by atoms with Gasteiger partial charge >= 0.3 is 0 Å². The van der Waals surface area contributed by atoms with Gasteiger partial charge in [0.15, 0.2) is 0 Å². The molecule has 0 atom stereocenters. The number of carbonyl (C=O) groups is 2. The highest BCUT2D eigenvalue weighted by molar-refractivity contribution is 9.10. The summed E-state index contributed by atoms with van der Waals surface area (Å²) in [6.45, 7) is 4.89. The largest absolute Gasteiger partial charge is 0.336 e. The summed E-state index contributed by atoms with van der Waals surface area (Å²) in [6.07, 6.45) is 3.23. The fourth-order valence-corrected chi connectivity index (χ4v) is 3.23. The molecule has 2 heterocycles. The third kappa shape index (κ3) is 4.89. The lowest BCUT2D eigenvalue weighted by atomic mass is 10.2. The molecule has 1 aliphatic rings. The first-order valence-electron chi connectivity index (χ1n) is 8.50. The van der Waals surface area contributed by atoms with Crippen LogP contribution in [-0.2, 0) is 4.79 Å². The average Bonchev–Trinajstić information content (AvgIpc) is 2.64. The zero-order chi connectivity index (χ0) is 18.5. The van der Waals surface area contributed by atoms with E-state index in [4.69, 9.17) is 0 Å². The lowest BCUT2D eigenvalue weighted by Gasteiger charge is -2.34. The molecular weight excluding hydrogens is 396 g/mol. The second-order valence-electron chi connectivity index (χ2n) is 6.37. The fraction of sp³-hybridized carbons (Fsp3) is 0.316. The molecule has 0 aliphatic carbocycles.